The molecule has 2 N–H and O–H groups in total. The topological polar surface area (TPSA) is 43.8 Å². The number of hydrogen-bond donors (Lipinski definition) is 1. The molecule has 3 nitrogen and oxygen atoms in total. The van der Waals surface area contributed by atoms with Gasteiger partial charge in [0.1, 0.15) is 5.82 Å². The summed E-state index contributed by atoms with van der Waals surface area (Å²) < 4.78 is 3.30. The molecule has 0 aliphatic heterocycles. The number of halogens is 2. The number of hydrogen-bond acceptors (Lipinski definition) is 2. The highest BCUT2D eigenvalue weighted by atomic mass is 127. The minimum atomic E-state index is 0.695. The number of fused-ring (bicyclic) bond motifs is 1. The Hall–Kier alpha value is -1.27. The minimum absolute atomic E-state index is 0.695. The van der Waals surface area contributed by atoms with E-state index < -0.39 is 0 Å². The van der Waals surface area contributed by atoms with Crippen LogP contribution in [0.15, 0.2) is 36.4 Å². The van der Waals surface area contributed by atoms with Crippen molar-refractivity contribution in [3.8, 4) is 11.4 Å². The molecule has 3 aromatic rings. The van der Waals surface area contributed by atoms with Crippen molar-refractivity contribution < 1.29 is 0 Å². The summed E-state index contributed by atoms with van der Waals surface area (Å²) in [6, 6.07) is 11.8. The van der Waals surface area contributed by atoms with Crippen LogP contribution in [0.3, 0.4) is 0 Å². The molecule has 3 rings (SSSR count). The third-order valence-electron chi connectivity index (χ3n) is 3.28. The third-order valence-corrected chi connectivity index (χ3v) is 4.19. The van der Waals surface area contributed by atoms with E-state index in [9.17, 15) is 0 Å². The molecule has 0 aliphatic rings. The molecule has 0 fully saturated rings. The van der Waals surface area contributed by atoms with Gasteiger partial charge in [-0.25, -0.2) is 4.98 Å². The third kappa shape index (κ3) is 2.27. The van der Waals surface area contributed by atoms with E-state index in [4.69, 9.17) is 22.3 Å². The van der Waals surface area contributed by atoms with E-state index >= 15 is 0 Å². The van der Waals surface area contributed by atoms with Gasteiger partial charge in [-0.15, -0.1) is 0 Å². The highest BCUT2D eigenvalue weighted by Crippen LogP contribution is 2.31. The lowest BCUT2D eigenvalue weighted by atomic mass is 10.1. The van der Waals surface area contributed by atoms with E-state index in [2.05, 4.69) is 40.1 Å². The number of rotatable bonds is 2. The van der Waals surface area contributed by atoms with E-state index in [1.807, 2.05) is 30.3 Å². The van der Waals surface area contributed by atoms with Crippen LogP contribution in [0.25, 0.3) is 22.4 Å². The molecule has 0 saturated heterocycles. The van der Waals surface area contributed by atoms with Gasteiger partial charge < -0.3 is 10.3 Å². The van der Waals surface area contributed by atoms with Crippen LogP contribution in [0.2, 0.25) is 5.02 Å². The number of aryl methyl sites for hydroxylation is 1. The second-order valence-corrected chi connectivity index (χ2v) is 6.23. The van der Waals surface area contributed by atoms with Gasteiger partial charge in [-0.05, 0) is 65.9 Å². The molecule has 1 heterocycles. The number of aromatic nitrogens is 2. The van der Waals surface area contributed by atoms with Gasteiger partial charge in [-0.1, -0.05) is 11.6 Å². The van der Waals surface area contributed by atoms with Crippen LogP contribution < -0.4 is 5.73 Å². The molecule has 0 spiro atoms. The zero-order valence-electron chi connectivity index (χ0n) is 10.9. The van der Waals surface area contributed by atoms with Crippen LogP contribution in [0, 0.1) is 3.57 Å². The fourth-order valence-corrected chi connectivity index (χ4v) is 3.01. The minimum Gasteiger partial charge on any atom is -0.398 e. The first-order valence-corrected chi connectivity index (χ1v) is 7.77. The molecule has 2 aromatic carbocycles. The van der Waals surface area contributed by atoms with E-state index in [0.29, 0.717) is 5.02 Å². The fraction of sp³-hybridized carbons (Fsp3) is 0.133. The first kappa shape index (κ1) is 13.7. The number of benzene rings is 2. The van der Waals surface area contributed by atoms with E-state index in [0.717, 1.165) is 38.2 Å². The summed E-state index contributed by atoms with van der Waals surface area (Å²) in [5.74, 6) is 0.890. The van der Waals surface area contributed by atoms with Gasteiger partial charge in [-0.2, -0.15) is 0 Å². The van der Waals surface area contributed by atoms with Crippen LogP contribution in [0.1, 0.15) is 6.92 Å². The van der Waals surface area contributed by atoms with Crippen LogP contribution in [0.4, 0.5) is 5.69 Å². The average molecular weight is 398 g/mol. The van der Waals surface area contributed by atoms with E-state index in [1.165, 1.54) is 0 Å². The summed E-state index contributed by atoms with van der Waals surface area (Å²) in [6.45, 7) is 2.93. The molecule has 0 atom stereocenters. The Labute approximate surface area is 135 Å². The van der Waals surface area contributed by atoms with Crippen molar-refractivity contribution in [2.75, 3.05) is 5.73 Å². The predicted molar refractivity (Wildman–Crippen MR) is 93.0 cm³/mol. The molecule has 0 bridgehead atoms. The number of nitrogens with two attached hydrogens (primary N) is 1. The quantitative estimate of drug-likeness (QED) is 0.509. The Balaban J connectivity index is 2.32. The number of nitrogen functional groups attached to an aromatic ring is 1. The highest BCUT2D eigenvalue weighted by molar-refractivity contribution is 14.1. The average Bonchev–Trinajstić information content (AvgIpc) is 2.78. The molecule has 20 heavy (non-hydrogen) atoms. The molecular weight excluding hydrogens is 385 g/mol. The Bertz CT molecular complexity index is 795. The van der Waals surface area contributed by atoms with Gasteiger partial charge in [0.15, 0.2) is 0 Å². The van der Waals surface area contributed by atoms with Crippen LogP contribution in [-0.2, 0) is 6.54 Å². The maximum Gasteiger partial charge on any atom is 0.143 e. The molecule has 0 radical (unpaired) electrons. The monoisotopic (exact) mass is 397 g/mol. The molecule has 0 unspecified atom stereocenters. The molecule has 1 aromatic heterocycles. The molecule has 0 aliphatic carbocycles. The Kier molecular flexibility index (Phi) is 3.60. The summed E-state index contributed by atoms with van der Waals surface area (Å²) in [5.41, 5.74) is 9.79. The maximum absolute atomic E-state index is 6.11. The van der Waals surface area contributed by atoms with Gasteiger partial charge in [-0.3, -0.25) is 0 Å². The first-order chi connectivity index (χ1) is 9.60. The summed E-state index contributed by atoms with van der Waals surface area (Å²) >= 11 is 8.33. The fourth-order valence-electron chi connectivity index (χ4n) is 2.35. The zero-order valence-corrected chi connectivity index (χ0v) is 13.8. The van der Waals surface area contributed by atoms with E-state index in [1.54, 1.807) is 0 Å². The van der Waals surface area contributed by atoms with Gasteiger partial charge in [0.25, 0.3) is 0 Å². The molecule has 0 saturated carbocycles. The number of anilines is 1. The largest absolute Gasteiger partial charge is 0.398 e. The summed E-state index contributed by atoms with van der Waals surface area (Å²) in [6.07, 6.45) is 0. The smallest absolute Gasteiger partial charge is 0.143 e. The summed E-state index contributed by atoms with van der Waals surface area (Å²) in [5, 5.41) is 0.695. The summed E-state index contributed by atoms with van der Waals surface area (Å²) in [4.78, 5) is 4.71. The van der Waals surface area contributed by atoms with Gasteiger partial charge in [0.05, 0.1) is 11.0 Å². The Morgan fingerprint density at radius 2 is 2.05 bits per heavy atom. The van der Waals surface area contributed by atoms with Crippen molar-refractivity contribution in [2.45, 2.75) is 13.5 Å². The predicted octanol–water partition coefficient (Wildman–Crippen LogP) is 4.56. The first-order valence-electron chi connectivity index (χ1n) is 6.31. The Morgan fingerprint density at radius 1 is 1.25 bits per heavy atom. The SMILES string of the molecule is CCn1c(-c2cc(I)ccc2N)nc2cc(Cl)ccc21. The molecular formula is C15H13ClIN3. The van der Waals surface area contributed by atoms with Gasteiger partial charge in [0, 0.05) is 26.4 Å². The lowest BCUT2D eigenvalue weighted by Crippen LogP contribution is -2.00. The lowest BCUT2D eigenvalue weighted by Gasteiger charge is -2.09. The molecule has 0 amide bonds. The van der Waals surface area contributed by atoms with Gasteiger partial charge in [0.2, 0.25) is 0 Å². The zero-order chi connectivity index (χ0) is 14.3. The number of imidazole rings is 1. The van der Waals surface area contributed by atoms with Crippen molar-refractivity contribution in [2.24, 2.45) is 0 Å². The van der Waals surface area contributed by atoms with Crippen molar-refractivity contribution in [1.29, 1.82) is 0 Å². The van der Waals surface area contributed by atoms with Crippen LogP contribution in [0.5, 0.6) is 0 Å². The highest BCUT2D eigenvalue weighted by Gasteiger charge is 2.14. The van der Waals surface area contributed by atoms with Crippen molar-refractivity contribution >= 4 is 50.9 Å². The van der Waals surface area contributed by atoms with Crippen LogP contribution >= 0.6 is 34.2 Å². The van der Waals surface area contributed by atoms with Crippen molar-refractivity contribution in [3.63, 3.8) is 0 Å². The maximum atomic E-state index is 6.11. The normalized spacial score (nSPS) is 11.2. The van der Waals surface area contributed by atoms with Crippen LogP contribution in [-0.4, -0.2) is 9.55 Å². The Morgan fingerprint density at radius 3 is 2.80 bits per heavy atom. The lowest BCUT2D eigenvalue weighted by molar-refractivity contribution is 0.796. The second kappa shape index (κ2) is 5.26. The van der Waals surface area contributed by atoms with Crippen molar-refractivity contribution in [3.05, 3.63) is 45.0 Å². The van der Waals surface area contributed by atoms with E-state index in [-0.39, 0.29) is 0 Å². The number of nitrogens with zero attached hydrogens (tertiary/aromatic N) is 2. The van der Waals surface area contributed by atoms with Crippen molar-refractivity contribution in [1.82, 2.24) is 9.55 Å². The standard InChI is InChI=1S/C15H13ClIN3/c1-2-20-14-6-3-9(16)7-13(14)19-15(20)11-8-10(17)4-5-12(11)18/h3-8H,2,18H2,1H3. The summed E-state index contributed by atoms with van der Waals surface area (Å²) in [7, 11) is 0. The van der Waals surface area contributed by atoms with Gasteiger partial charge >= 0.3 is 0 Å². The molecule has 102 valence electrons. The molecule has 5 heteroatoms. The second-order valence-electron chi connectivity index (χ2n) is 4.54.